The Morgan fingerprint density at radius 3 is 2.22 bits per heavy atom. The number of anilines is 1. The molecule has 0 radical (unpaired) electrons. The van der Waals surface area contributed by atoms with Crippen molar-refractivity contribution in [3.8, 4) is 0 Å². The molecule has 1 heterocycles. The Labute approximate surface area is 271 Å². The standard InChI is InChI=1S/C36H46N4O6/c1-5-29(23-32(43)45-25-27-15-10-7-11-16-27)39-30(41)24-40(22-20-26-13-8-6-9-14-26)31(42)18-12-17-28-19-21-38-34(33(28)37)35(44)46-36(2,3)4/h6-11,13-16,19,21,29H,5,12,17-18,20,22-25,37H2,1-4H3,(H,39,41)/t29-/m1/s1. The fourth-order valence-corrected chi connectivity index (χ4v) is 4.75. The molecule has 46 heavy (non-hydrogen) atoms. The first kappa shape index (κ1) is 35.7. The number of aryl methyl sites for hydroxylation is 1. The van der Waals surface area contributed by atoms with Crippen molar-refractivity contribution in [2.75, 3.05) is 18.8 Å². The number of nitrogen functional groups attached to an aromatic ring is 1. The first-order valence-corrected chi connectivity index (χ1v) is 15.7. The van der Waals surface area contributed by atoms with Crippen molar-refractivity contribution in [1.82, 2.24) is 15.2 Å². The highest BCUT2D eigenvalue weighted by molar-refractivity contribution is 5.93. The zero-order valence-electron chi connectivity index (χ0n) is 27.3. The maximum Gasteiger partial charge on any atom is 0.359 e. The molecule has 0 saturated carbocycles. The van der Waals surface area contributed by atoms with E-state index in [0.717, 1.165) is 11.1 Å². The molecule has 0 aliphatic rings. The lowest BCUT2D eigenvalue weighted by molar-refractivity contribution is -0.146. The number of amides is 2. The van der Waals surface area contributed by atoms with Gasteiger partial charge in [-0.1, -0.05) is 67.6 Å². The Hall–Kier alpha value is -4.73. The van der Waals surface area contributed by atoms with Crippen molar-refractivity contribution >= 4 is 29.4 Å². The summed E-state index contributed by atoms with van der Waals surface area (Å²) in [5, 5.41) is 2.90. The minimum atomic E-state index is -0.689. The second kappa shape index (κ2) is 17.7. The molecule has 0 unspecified atom stereocenters. The monoisotopic (exact) mass is 630 g/mol. The van der Waals surface area contributed by atoms with Crippen LogP contribution in [0.4, 0.5) is 5.69 Å². The van der Waals surface area contributed by atoms with Gasteiger partial charge < -0.3 is 25.4 Å². The fourth-order valence-electron chi connectivity index (χ4n) is 4.75. The first-order valence-electron chi connectivity index (χ1n) is 15.7. The Morgan fingerprint density at radius 2 is 1.59 bits per heavy atom. The van der Waals surface area contributed by atoms with Crippen LogP contribution in [0.25, 0.3) is 0 Å². The van der Waals surface area contributed by atoms with Crippen LogP contribution in [-0.4, -0.2) is 58.4 Å². The van der Waals surface area contributed by atoms with Crippen molar-refractivity contribution in [3.05, 3.63) is 95.3 Å². The third kappa shape index (κ3) is 12.3. The van der Waals surface area contributed by atoms with E-state index in [-0.39, 0.29) is 49.2 Å². The van der Waals surface area contributed by atoms with Crippen molar-refractivity contribution in [3.63, 3.8) is 0 Å². The average molecular weight is 631 g/mol. The van der Waals surface area contributed by atoms with Crippen LogP contribution < -0.4 is 11.1 Å². The van der Waals surface area contributed by atoms with Gasteiger partial charge in [-0.15, -0.1) is 0 Å². The minimum Gasteiger partial charge on any atom is -0.461 e. The molecule has 10 nitrogen and oxygen atoms in total. The average Bonchev–Trinajstić information content (AvgIpc) is 3.02. The number of hydrogen-bond acceptors (Lipinski definition) is 8. The third-order valence-electron chi connectivity index (χ3n) is 7.22. The van der Waals surface area contributed by atoms with E-state index in [1.54, 1.807) is 31.7 Å². The molecule has 2 amide bonds. The Bertz CT molecular complexity index is 1440. The van der Waals surface area contributed by atoms with Gasteiger partial charge >= 0.3 is 11.9 Å². The molecule has 1 aromatic heterocycles. The van der Waals surface area contributed by atoms with Crippen LogP contribution in [0, 0.1) is 0 Å². The summed E-state index contributed by atoms with van der Waals surface area (Å²) in [7, 11) is 0. The maximum absolute atomic E-state index is 13.4. The smallest absolute Gasteiger partial charge is 0.359 e. The lowest BCUT2D eigenvalue weighted by Crippen LogP contribution is -2.45. The van der Waals surface area contributed by atoms with Crippen LogP contribution in [0.2, 0.25) is 0 Å². The summed E-state index contributed by atoms with van der Waals surface area (Å²) in [4.78, 5) is 57.2. The number of carbonyl (C=O) groups is 4. The van der Waals surface area contributed by atoms with E-state index in [0.29, 0.717) is 37.8 Å². The zero-order chi connectivity index (χ0) is 33.5. The molecule has 3 N–H and O–H groups in total. The van der Waals surface area contributed by atoms with Crippen LogP contribution in [-0.2, 0) is 43.3 Å². The summed E-state index contributed by atoms with van der Waals surface area (Å²) in [6.45, 7) is 7.57. The Balaban J connectivity index is 1.58. The van der Waals surface area contributed by atoms with Crippen molar-refractivity contribution in [2.24, 2.45) is 0 Å². The van der Waals surface area contributed by atoms with Gasteiger partial charge in [0.1, 0.15) is 12.2 Å². The number of nitrogens with two attached hydrogens (primary N) is 1. The Morgan fingerprint density at radius 1 is 0.935 bits per heavy atom. The lowest BCUT2D eigenvalue weighted by atomic mass is 10.1. The number of hydrogen-bond donors (Lipinski definition) is 2. The highest BCUT2D eigenvalue weighted by atomic mass is 16.6. The summed E-state index contributed by atoms with van der Waals surface area (Å²) < 4.78 is 10.8. The van der Waals surface area contributed by atoms with Crippen LogP contribution >= 0.6 is 0 Å². The largest absolute Gasteiger partial charge is 0.461 e. The molecule has 2 aromatic carbocycles. The molecule has 0 aliphatic heterocycles. The number of ether oxygens (including phenoxy) is 2. The van der Waals surface area contributed by atoms with E-state index in [1.165, 1.54) is 6.20 Å². The number of aromatic nitrogens is 1. The predicted molar refractivity (Wildman–Crippen MR) is 177 cm³/mol. The number of esters is 2. The molecule has 0 fully saturated rings. The number of benzene rings is 2. The molecule has 10 heteroatoms. The first-order chi connectivity index (χ1) is 21.9. The second-order valence-electron chi connectivity index (χ2n) is 12.2. The molecule has 1 atom stereocenters. The van der Waals surface area contributed by atoms with Crippen molar-refractivity contribution < 1.29 is 28.7 Å². The van der Waals surface area contributed by atoms with E-state index in [1.807, 2.05) is 67.6 Å². The van der Waals surface area contributed by atoms with Gasteiger partial charge in [-0.3, -0.25) is 14.4 Å². The molecular formula is C36H46N4O6. The quantitative estimate of drug-likeness (QED) is 0.210. The van der Waals surface area contributed by atoms with Gasteiger partial charge in [0.15, 0.2) is 5.69 Å². The van der Waals surface area contributed by atoms with Gasteiger partial charge in [0.05, 0.1) is 18.7 Å². The molecule has 0 bridgehead atoms. The van der Waals surface area contributed by atoms with Crippen LogP contribution in [0.1, 0.15) is 80.6 Å². The molecule has 0 spiro atoms. The summed E-state index contributed by atoms with van der Waals surface area (Å²) in [6.07, 6.45) is 3.72. The normalized spacial score (nSPS) is 11.7. The van der Waals surface area contributed by atoms with Gasteiger partial charge in [-0.2, -0.15) is 0 Å². The topological polar surface area (TPSA) is 141 Å². The van der Waals surface area contributed by atoms with Crippen LogP contribution in [0.5, 0.6) is 0 Å². The van der Waals surface area contributed by atoms with Crippen LogP contribution in [0.15, 0.2) is 72.9 Å². The number of rotatable bonds is 16. The SMILES string of the molecule is CC[C@H](CC(=O)OCc1ccccc1)NC(=O)CN(CCc1ccccc1)C(=O)CCCc1ccnc(C(=O)OC(C)(C)C)c1N. The minimum absolute atomic E-state index is 0.0334. The van der Waals surface area contributed by atoms with Crippen molar-refractivity contribution in [1.29, 1.82) is 0 Å². The lowest BCUT2D eigenvalue weighted by Gasteiger charge is -2.24. The summed E-state index contributed by atoms with van der Waals surface area (Å²) >= 11 is 0. The highest BCUT2D eigenvalue weighted by Gasteiger charge is 2.23. The van der Waals surface area contributed by atoms with Crippen molar-refractivity contribution in [2.45, 2.75) is 84.5 Å². The predicted octanol–water partition coefficient (Wildman–Crippen LogP) is 5.04. The molecule has 3 rings (SSSR count). The molecule has 0 aliphatic carbocycles. The number of pyridine rings is 1. The van der Waals surface area contributed by atoms with E-state index in [2.05, 4.69) is 10.3 Å². The van der Waals surface area contributed by atoms with Gasteiger partial charge in [-0.05, 0) is 69.2 Å². The fraction of sp³-hybridized carbons (Fsp3) is 0.417. The number of carbonyl (C=O) groups excluding carboxylic acids is 4. The van der Waals surface area contributed by atoms with Gasteiger partial charge in [0, 0.05) is 25.2 Å². The highest BCUT2D eigenvalue weighted by Crippen LogP contribution is 2.21. The molecule has 0 saturated heterocycles. The zero-order valence-corrected chi connectivity index (χ0v) is 27.3. The second-order valence-corrected chi connectivity index (χ2v) is 12.2. The number of nitrogens with zero attached hydrogens (tertiary/aromatic N) is 2. The van der Waals surface area contributed by atoms with Gasteiger partial charge in [0.25, 0.3) is 0 Å². The van der Waals surface area contributed by atoms with E-state index < -0.39 is 23.6 Å². The Kier molecular flexibility index (Phi) is 13.7. The summed E-state index contributed by atoms with van der Waals surface area (Å²) in [5.74, 6) is -1.53. The third-order valence-corrected chi connectivity index (χ3v) is 7.22. The number of nitrogens with one attached hydrogen (secondary N) is 1. The van der Waals surface area contributed by atoms with Gasteiger partial charge in [0.2, 0.25) is 11.8 Å². The van der Waals surface area contributed by atoms with E-state index in [4.69, 9.17) is 15.2 Å². The van der Waals surface area contributed by atoms with E-state index >= 15 is 0 Å². The van der Waals surface area contributed by atoms with E-state index in [9.17, 15) is 19.2 Å². The maximum atomic E-state index is 13.4. The van der Waals surface area contributed by atoms with Gasteiger partial charge in [-0.25, -0.2) is 9.78 Å². The summed E-state index contributed by atoms with van der Waals surface area (Å²) in [6, 6.07) is 20.4. The molecule has 3 aromatic rings. The molecular weight excluding hydrogens is 584 g/mol. The van der Waals surface area contributed by atoms with Crippen LogP contribution in [0.3, 0.4) is 0 Å². The molecule has 246 valence electrons. The summed E-state index contributed by atoms with van der Waals surface area (Å²) in [5.41, 5.74) is 8.48.